The summed E-state index contributed by atoms with van der Waals surface area (Å²) in [6, 6.07) is 10.0. The molecule has 0 radical (unpaired) electrons. The molecule has 1 N–H and O–H groups in total. The molecule has 1 aromatic rings. The van der Waals surface area contributed by atoms with Crippen LogP contribution in [0, 0.1) is 0 Å². The van der Waals surface area contributed by atoms with Gasteiger partial charge in [0.15, 0.2) is 0 Å². The van der Waals surface area contributed by atoms with Gasteiger partial charge in [-0.2, -0.15) is 0 Å². The molecule has 0 spiro atoms. The summed E-state index contributed by atoms with van der Waals surface area (Å²) in [6.45, 7) is 2.80. The predicted molar refractivity (Wildman–Crippen MR) is 84.9 cm³/mol. The molecular formula is C18H21NO2. The number of hydrogen-bond donors (Lipinski definition) is 1. The van der Waals surface area contributed by atoms with Crippen LogP contribution in [0.3, 0.4) is 0 Å². The third-order valence-corrected chi connectivity index (χ3v) is 3.32. The predicted octanol–water partition coefficient (Wildman–Crippen LogP) is 2.80. The van der Waals surface area contributed by atoms with E-state index in [9.17, 15) is 4.79 Å². The molecule has 0 amide bonds. The van der Waals surface area contributed by atoms with E-state index in [0.717, 1.165) is 6.54 Å². The van der Waals surface area contributed by atoms with Crippen LogP contribution in [0.1, 0.15) is 12.5 Å². The van der Waals surface area contributed by atoms with E-state index < -0.39 is 0 Å². The second-order valence-corrected chi connectivity index (χ2v) is 5.07. The van der Waals surface area contributed by atoms with Gasteiger partial charge in [0.05, 0.1) is 6.54 Å². The molecule has 21 heavy (non-hydrogen) atoms. The maximum absolute atomic E-state index is 10.6. The largest absolute Gasteiger partial charge is 0.372 e. The molecular weight excluding hydrogens is 262 g/mol. The average molecular weight is 283 g/mol. The highest BCUT2D eigenvalue weighted by atomic mass is 16.5. The zero-order chi connectivity index (χ0) is 15.1. The first-order valence-corrected chi connectivity index (χ1v) is 7.07. The minimum atomic E-state index is 0.172. The number of fused-ring (bicyclic) bond motifs is 2. The number of hydrogen-bond acceptors (Lipinski definition) is 3. The van der Waals surface area contributed by atoms with Crippen molar-refractivity contribution in [3.8, 4) is 0 Å². The van der Waals surface area contributed by atoms with Crippen molar-refractivity contribution in [2.24, 2.45) is 0 Å². The van der Waals surface area contributed by atoms with Crippen molar-refractivity contribution >= 4 is 5.78 Å². The van der Waals surface area contributed by atoms with Crippen molar-refractivity contribution in [2.75, 3.05) is 13.7 Å². The van der Waals surface area contributed by atoms with E-state index in [0.29, 0.717) is 6.54 Å². The summed E-state index contributed by atoms with van der Waals surface area (Å²) in [6.07, 6.45) is 8.66. The maximum atomic E-state index is 10.6. The van der Waals surface area contributed by atoms with Crippen molar-refractivity contribution in [2.45, 2.75) is 19.6 Å². The number of carbonyl (C=O) groups excluding carboxylic acids is 1. The van der Waals surface area contributed by atoms with Crippen molar-refractivity contribution in [1.29, 1.82) is 0 Å². The van der Waals surface area contributed by atoms with E-state index in [1.807, 2.05) is 30.3 Å². The van der Waals surface area contributed by atoms with Crippen LogP contribution in [0.25, 0.3) is 0 Å². The summed E-state index contributed by atoms with van der Waals surface area (Å²) in [5.41, 5.74) is 3.78. The first-order chi connectivity index (χ1) is 10.2. The quantitative estimate of drug-likeness (QED) is 0.903. The van der Waals surface area contributed by atoms with Crippen LogP contribution in [0.4, 0.5) is 0 Å². The summed E-state index contributed by atoms with van der Waals surface area (Å²) in [5.74, 6) is 0.172. The van der Waals surface area contributed by atoms with Crippen LogP contribution >= 0.6 is 0 Å². The number of methoxy groups -OCH3 is 1. The first-order valence-electron chi connectivity index (χ1n) is 7.07. The molecule has 0 atom stereocenters. The van der Waals surface area contributed by atoms with Crippen molar-refractivity contribution in [1.82, 2.24) is 5.32 Å². The van der Waals surface area contributed by atoms with Crippen LogP contribution in [0.15, 0.2) is 65.8 Å². The molecule has 0 unspecified atom stereocenters. The highest BCUT2D eigenvalue weighted by molar-refractivity contribution is 5.77. The van der Waals surface area contributed by atoms with E-state index in [-0.39, 0.29) is 11.9 Å². The van der Waals surface area contributed by atoms with Gasteiger partial charge in [-0.1, -0.05) is 54.6 Å². The van der Waals surface area contributed by atoms with E-state index >= 15 is 0 Å². The fourth-order valence-corrected chi connectivity index (χ4v) is 2.29. The molecule has 0 aliphatic heterocycles. The Morgan fingerprint density at radius 1 is 1.14 bits per heavy atom. The normalized spacial score (nSPS) is 15.3. The van der Waals surface area contributed by atoms with Gasteiger partial charge in [0.25, 0.3) is 0 Å². The number of nitrogens with one attached hydrogen (secondary N) is 1. The maximum Gasteiger partial charge on any atom is 0.143 e. The second-order valence-electron chi connectivity index (χ2n) is 5.07. The lowest BCUT2D eigenvalue weighted by atomic mass is 10.2. The minimum Gasteiger partial charge on any atom is -0.372 e. The monoisotopic (exact) mass is 283 g/mol. The van der Waals surface area contributed by atoms with Crippen LogP contribution in [0.5, 0.6) is 0 Å². The summed E-state index contributed by atoms with van der Waals surface area (Å²) < 4.78 is 5.20. The summed E-state index contributed by atoms with van der Waals surface area (Å²) in [5, 5.41) is 3.05. The van der Waals surface area contributed by atoms with E-state index in [4.69, 9.17) is 4.74 Å². The molecule has 2 aliphatic rings. The van der Waals surface area contributed by atoms with Gasteiger partial charge in [0, 0.05) is 13.7 Å². The average Bonchev–Trinajstić information content (AvgIpc) is 3.08. The Morgan fingerprint density at radius 3 is 2.19 bits per heavy atom. The lowest BCUT2D eigenvalue weighted by Crippen LogP contribution is -2.20. The molecule has 0 fully saturated rings. The summed E-state index contributed by atoms with van der Waals surface area (Å²) in [4.78, 5) is 10.6. The van der Waals surface area contributed by atoms with Gasteiger partial charge in [0.1, 0.15) is 11.9 Å². The van der Waals surface area contributed by atoms with Crippen molar-refractivity contribution in [3.63, 3.8) is 0 Å². The molecule has 3 nitrogen and oxygen atoms in total. The number of Topliss-reactive ketones (excluding diaryl/α,β-unsaturated/α-hetero) is 1. The lowest BCUT2D eigenvalue weighted by molar-refractivity contribution is -0.116. The van der Waals surface area contributed by atoms with E-state index in [1.165, 1.54) is 16.7 Å². The third kappa shape index (κ3) is 4.52. The van der Waals surface area contributed by atoms with Crippen LogP contribution in [-0.4, -0.2) is 25.5 Å². The van der Waals surface area contributed by atoms with Crippen LogP contribution in [0.2, 0.25) is 0 Å². The highest BCUT2D eigenvalue weighted by Gasteiger charge is 2.23. The Bertz CT molecular complexity index is 548. The van der Waals surface area contributed by atoms with Gasteiger partial charge in [0.2, 0.25) is 0 Å². The van der Waals surface area contributed by atoms with Crippen molar-refractivity contribution in [3.05, 3.63) is 71.3 Å². The molecule has 2 aliphatic carbocycles. The number of ketones is 1. The van der Waals surface area contributed by atoms with Gasteiger partial charge >= 0.3 is 0 Å². The van der Waals surface area contributed by atoms with Gasteiger partial charge in [-0.3, -0.25) is 4.79 Å². The molecule has 3 heteroatoms. The van der Waals surface area contributed by atoms with Gasteiger partial charge in [-0.25, -0.2) is 0 Å². The number of benzene rings is 1. The summed E-state index contributed by atoms with van der Waals surface area (Å²) >= 11 is 0. The molecule has 0 heterocycles. The standard InChI is InChI=1S/C10H13NO.C8H8O/c1-9(12)7-11-8-10-5-3-2-4-6-10;1-9-8-6-2-3-7(8)5-4-6/h2-6,11H,7-8H2,1H3;2-5,8H,1H3. The van der Waals surface area contributed by atoms with Gasteiger partial charge < -0.3 is 10.1 Å². The molecule has 0 saturated heterocycles. The second kappa shape index (κ2) is 7.72. The Morgan fingerprint density at radius 2 is 1.76 bits per heavy atom. The molecule has 0 aromatic heterocycles. The molecule has 2 bridgehead atoms. The van der Waals surface area contributed by atoms with E-state index in [1.54, 1.807) is 14.0 Å². The van der Waals surface area contributed by atoms with Crippen LogP contribution < -0.4 is 5.32 Å². The number of rotatable bonds is 5. The Balaban J connectivity index is 0.000000159. The van der Waals surface area contributed by atoms with Crippen LogP contribution in [-0.2, 0) is 16.1 Å². The first kappa shape index (κ1) is 15.4. The fraction of sp³-hybridized carbons (Fsp3) is 0.278. The zero-order valence-electron chi connectivity index (χ0n) is 12.5. The SMILES string of the molecule is CC(=O)CNCc1ccccc1.COC1C2=CC=C1C=C2. The Labute approximate surface area is 126 Å². The molecule has 110 valence electrons. The van der Waals surface area contributed by atoms with Gasteiger partial charge in [-0.05, 0) is 23.6 Å². The Hall–Kier alpha value is -1.97. The number of allylic oxidation sites excluding steroid dienone is 2. The van der Waals surface area contributed by atoms with Crippen molar-refractivity contribution < 1.29 is 9.53 Å². The fourth-order valence-electron chi connectivity index (χ4n) is 2.29. The third-order valence-electron chi connectivity index (χ3n) is 3.32. The number of carbonyl (C=O) groups is 1. The summed E-state index contributed by atoms with van der Waals surface area (Å²) in [7, 11) is 1.74. The molecule has 1 aromatic carbocycles. The minimum absolute atomic E-state index is 0.172. The molecule has 3 rings (SSSR count). The number of ether oxygens (including phenoxy) is 1. The highest BCUT2D eigenvalue weighted by Crippen LogP contribution is 2.30. The van der Waals surface area contributed by atoms with Gasteiger partial charge in [-0.15, -0.1) is 0 Å². The van der Waals surface area contributed by atoms with E-state index in [2.05, 4.69) is 29.6 Å². The lowest BCUT2D eigenvalue weighted by Gasteiger charge is -2.05. The zero-order valence-corrected chi connectivity index (χ0v) is 12.5. The smallest absolute Gasteiger partial charge is 0.143 e. The Kier molecular flexibility index (Phi) is 5.67. The molecule has 0 saturated carbocycles. The topological polar surface area (TPSA) is 38.3 Å².